The van der Waals surface area contributed by atoms with Gasteiger partial charge in [0.25, 0.3) is 11.1 Å². The maximum atomic E-state index is 14.6. The number of rotatable bonds is 9. The Hall–Kier alpha value is -4.03. The number of thioether (sulfide) groups is 1. The number of piperidine rings is 1. The Labute approximate surface area is 235 Å². The number of hydrogen-bond acceptors (Lipinski definition) is 10. The van der Waals surface area contributed by atoms with E-state index in [1.54, 1.807) is 44.7 Å². The number of imide groups is 1. The van der Waals surface area contributed by atoms with Crippen LogP contribution in [-0.2, 0) is 11.3 Å². The molecule has 208 valence electrons. The van der Waals surface area contributed by atoms with Gasteiger partial charge in [0.2, 0.25) is 5.95 Å². The minimum atomic E-state index is -0.410. The van der Waals surface area contributed by atoms with E-state index in [4.69, 9.17) is 9.47 Å². The van der Waals surface area contributed by atoms with Crippen LogP contribution in [0, 0.1) is 11.7 Å². The number of hydrogen-bond donors (Lipinski definition) is 2. The number of benzene rings is 1. The van der Waals surface area contributed by atoms with Crippen molar-refractivity contribution in [1.82, 2.24) is 25.6 Å². The largest absolute Gasteiger partial charge is 0.497 e. The molecular weight excluding hydrogens is 535 g/mol. The van der Waals surface area contributed by atoms with Crippen LogP contribution < -0.4 is 25.0 Å². The fraction of sp³-hybridized carbons (Fsp3) is 0.321. The predicted octanol–water partition coefficient (Wildman–Crippen LogP) is 4.03. The molecule has 2 aromatic heterocycles. The Morgan fingerprint density at radius 2 is 1.98 bits per heavy atom. The lowest BCUT2D eigenvalue weighted by molar-refractivity contribution is -0.115. The number of anilines is 1. The average molecular weight is 565 g/mol. The van der Waals surface area contributed by atoms with Gasteiger partial charge in [-0.1, -0.05) is 0 Å². The van der Waals surface area contributed by atoms with E-state index < -0.39 is 5.91 Å². The Morgan fingerprint density at radius 3 is 2.70 bits per heavy atom. The van der Waals surface area contributed by atoms with Crippen molar-refractivity contribution in [3.63, 3.8) is 0 Å². The normalized spacial score (nSPS) is 16.9. The molecule has 2 fully saturated rings. The van der Waals surface area contributed by atoms with Crippen LogP contribution in [0.4, 0.5) is 15.1 Å². The summed E-state index contributed by atoms with van der Waals surface area (Å²) in [5, 5.41) is 5.26. The molecule has 0 unspecified atom stereocenters. The molecule has 1 aromatic carbocycles. The number of nitrogens with zero attached hydrogens (tertiary/aromatic N) is 4. The molecule has 0 radical (unpaired) electrons. The molecule has 0 spiro atoms. The zero-order valence-electron chi connectivity index (χ0n) is 22.1. The predicted molar refractivity (Wildman–Crippen MR) is 151 cm³/mol. The Kier molecular flexibility index (Phi) is 8.56. The van der Waals surface area contributed by atoms with E-state index in [1.807, 2.05) is 12.1 Å². The quantitative estimate of drug-likeness (QED) is 0.369. The maximum absolute atomic E-state index is 14.6. The molecule has 2 amide bonds. The Morgan fingerprint density at radius 1 is 1.15 bits per heavy atom. The first kappa shape index (κ1) is 27.5. The van der Waals surface area contributed by atoms with Crippen molar-refractivity contribution >= 4 is 34.9 Å². The Bertz CT molecular complexity index is 1440. The highest BCUT2D eigenvalue weighted by molar-refractivity contribution is 8.18. The van der Waals surface area contributed by atoms with E-state index >= 15 is 0 Å². The molecule has 0 atom stereocenters. The summed E-state index contributed by atoms with van der Waals surface area (Å²) in [6.07, 6.45) is 6.36. The molecule has 10 nitrogen and oxygen atoms in total. The third-order valence-electron chi connectivity index (χ3n) is 6.85. The molecule has 2 aliphatic heterocycles. The first-order valence-corrected chi connectivity index (χ1v) is 13.7. The summed E-state index contributed by atoms with van der Waals surface area (Å²) in [6, 6.07) is 8.90. The number of carbonyl (C=O) groups excluding carboxylic acids is 2. The molecule has 40 heavy (non-hydrogen) atoms. The van der Waals surface area contributed by atoms with E-state index in [9.17, 15) is 14.0 Å². The topological polar surface area (TPSA) is 119 Å². The smallest absolute Gasteiger partial charge is 0.290 e. The lowest BCUT2D eigenvalue weighted by atomic mass is 9.97. The number of nitrogens with one attached hydrogen (secondary N) is 2. The molecule has 5 rings (SSSR count). The molecule has 0 bridgehead atoms. The second kappa shape index (κ2) is 12.4. The van der Waals surface area contributed by atoms with Gasteiger partial charge in [-0.25, -0.2) is 14.4 Å². The third-order valence-corrected chi connectivity index (χ3v) is 7.66. The summed E-state index contributed by atoms with van der Waals surface area (Å²) in [5.74, 6) is 1.53. The van der Waals surface area contributed by atoms with Crippen LogP contribution in [-0.4, -0.2) is 60.0 Å². The lowest BCUT2D eigenvalue weighted by Gasteiger charge is -2.32. The zero-order valence-corrected chi connectivity index (χ0v) is 23.0. The van der Waals surface area contributed by atoms with Gasteiger partial charge in [0.1, 0.15) is 17.3 Å². The number of halogens is 1. The van der Waals surface area contributed by atoms with Crippen LogP contribution in [0.15, 0.2) is 47.6 Å². The van der Waals surface area contributed by atoms with Crippen LogP contribution in [0.3, 0.4) is 0 Å². The molecule has 0 saturated carbocycles. The average Bonchev–Trinajstić information content (AvgIpc) is 3.30. The Balaban J connectivity index is 1.15. The number of pyridine rings is 1. The molecule has 3 aromatic rings. The highest BCUT2D eigenvalue weighted by Crippen LogP contribution is 2.33. The van der Waals surface area contributed by atoms with Crippen LogP contribution in [0.2, 0.25) is 0 Å². The molecule has 0 aliphatic carbocycles. The molecule has 2 N–H and O–H groups in total. The van der Waals surface area contributed by atoms with Gasteiger partial charge in [0, 0.05) is 43.0 Å². The zero-order chi connectivity index (χ0) is 28.1. The van der Waals surface area contributed by atoms with Crippen molar-refractivity contribution in [3.05, 3.63) is 64.7 Å². The summed E-state index contributed by atoms with van der Waals surface area (Å²) in [6.45, 7) is 2.70. The van der Waals surface area contributed by atoms with Crippen molar-refractivity contribution in [2.75, 3.05) is 38.8 Å². The third kappa shape index (κ3) is 6.40. The second-order valence-electron chi connectivity index (χ2n) is 9.42. The molecule has 4 heterocycles. The van der Waals surface area contributed by atoms with Gasteiger partial charge in [-0.05, 0) is 67.4 Å². The lowest BCUT2D eigenvalue weighted by Crippen LogP contribution is -2.38. The van der Waals surface area contributed by atoms with Gasteiger partial charge in [-0.15, -0.1) is 0 Å². The van der Waals surface area contributed by atoms with E-state index in [2.05, 4.69) is 30.5 Å². The molecule has 12 heteroatoms. The molecule has 2 saturated heterocycles. The van der Waals surface area contributed by atoms with Gasteiger partial charge in [-0.2, -0.15) is 0 Å². The molecule has 2 aliphatic rings. The number of aromatic nitrogens is 3. The highest BCUT2D eigenvalue weighted by Gasteiger charge is 2.26. The van der Waals surface area contributed by atoms with E-state index in [-0.39, 0.29) is 11.1 Å². The fourth-order valence-corrected chi connectivity index (χ4v) is 5.34. The summed E-state index contributed by atoms with van der Waals surface area (Å²) in [5.41, 5.74) is 2.50. The number of methoxy groups -OCH3 is 2. The standard InChI is InChI=1S/C28H29FN6O4S/c1-38-20-3-4-21(24(13-20)39-2)23-11-18(22(29)16-32-23)15-30-14-17-6-9-35(10-7-17)27-31-8-5-19(33-27)12-25-26(36)34-28(37)40-25/h3-5,8,11-13,16-17,30H,6-7,9-10,14-15H2,1-2H3,(H,34,36,37). The van der Waals surface area contributed by atoms with Gasteiger partial charge in [0.15, 0.2) is 0 Å². The first-order chi connectivity index (χ1) is 19.4. The fourth-order valence-electron chi connectivity index (χ4n) is 4.67. The van der Waals surface area contributed by atoms with Gasteiger partial charge < -0.3 is 19.7 Å². The number of ether oxygens (including phenoxy) is 2. The van der Waals surface area contributed by atoms with Crippen LogP contribution in [0.1, 0.15) is 24.1 Å². The number of carbonyl (C=O) groups is 2. The van der Waals surface area contributed by atoms with Gasteiger partial charge >= 0.3 is 0 Å². The van der Waals surface area contributed by atoms with Crippen LogP contribution in [0.5, 0.6) is 11.5 Å². The van der Waals surface area contributed by atoms with Crippen molar-refractivity contribution in [2.45, 2.75) is 19.4 Å². The minimum Gasteiger partial charge on any atom is -0.497 e. The summed E-state index contributed by atoms with van der Waals surface area (Å²) >= 11 is 0.863. The molecular formula is C28H29FN6O4S. The SMILES string of the molecule is COc1ccc(-c2cc(CNCC3CCN(c4nccc(C=C5SC(=O)NC5=O)n4)CC3)c(F)cn2)c(OC)c1. The monoisotopic (exact) mass is 564 g/mol. The van der Waals surface area contributed by atoms with Crippen LogP contribution in [0.25, 0.3) is 17.3 Å². The first-order valence-electron chi connectivity index (χ1n) is 12.8. The van der Waals surface area contributed by atoms with E-state index in [0.717, 1.165) is 49.8 Å². The number of amides is 2. The summed E-state index contributed by atoms with van der Waals surface area (Å²) in [4.78, 5) is 38.9. The highest BCUT2D eigenvalue weighted by atomic mass is 32.2. The summed E-state index contributed by atoms with van der Waals surface area (Å²) < 4.78 is 25.3. The van der Waals surface area contributed by atoms with E-state index in [1.165, 1.54) is 6.20 Å². The minimum absolute atomic E-state index is 0.320. The maximum Gasteiger partial charge on any atom is 0.290 e. The second-order valence-corrected chi connectivity index (χ2v) is 10.4. The summed E-state index contributed by atoms with van der Waals surface area (Å²) in [7, 11) is 3.17. The van der Waals surface area contributed by atoms with E-state index in [0.29, 0.717) is 51.8 Å². The van der Waals surface area contributed by atoms with Gasteiger partial charge in [-0.3, -0.25) is 19.9 Å². The van der Waals surface area contributed by atoms with Crippen molar-refractivity contribution in [3.8, 4) is 22.8 Å². The van der Waals surface area contributed by atoms with Crippen molar-refractivity contribution in [1.29, 1.82) is 0 Å². The van der Waals surface area contributed by atoms with Crippen molar-refractivity contribution in [2.24, 2.45) is 5.92 Å². The van der Waals surface area contributed by atoms with Crippen molar-refractivity contribution < 1.29 is 23.5 Å². The van der Waals surface area contributed by atoms with Crippen LogP contribution >= 0.6 is 11.8 Å². The van der Waals surface area contributed by atoms with Gasteiger partial charge in [0.05, 0.1) is 36.7 Å².